The summed E-state index contributed by atoms with van der Waals surface area (Å²) >= 11 is 6.44. The van der Waals surface area contributed by atoms with E-state index in [9.17, 15) is 14.4 Å². The highest BCUT2D eigenvalue weighted by atomic mass is 35.5. The molecule has 9 heteroatoms. The third-order valence-corrected chi connectivity index (χ3v) is 8.27. The number of carbonyl (C=O) groups excluding carboxylic acids is 3. The number of hydrogen-bond donors (Lipinski definition) is 1. The average Bonchev–Trinajstić information content (AvgIpc) is 3.52. The first kappa shape index (κ1) is 20.3. The van der Waals surface area contributed by atoms with Gasteiger partial charge in [0.15, 0.2) is 11.5 Å². The molecule has 1 spiro atoms. The topological polar surface area (TPSA) is 88.2 Å². The minimum Gasteiger partial charge on any atom is -0.486 e. The Morgan fingerprint density at radius 1 is 1.06 bits per heavy atom. The number of fused-ring (bicyclic) bond motifs is 8. The SMILES string of the molecule is Cc1cc(Cl)cc2c1NC(=O)[C@@]21[C@H]2C(=O)N(c3ccc4c(c3)OCCO4)C(=O)[C@@H]2[C@H]2CCCN21. The summed E-state index contributed by atoms with van der Waals surface area (Å²) in [4.78, 5) is 45.0. The fourth-order valence-corrected chi connectivity index (χ4v) is 7.13. The highest BCUT2D eigenvalue weighted by Crippen LogP contribution is 2.61. The summed E-state index contributed by atoms with van der Waals surface area (Å²) in [5, 5.41) is 3.53. The third-order valence-electron chi connectivity index (χ3n) is 8.05. The van der Waals surface area contributed by atoms with Crippen LogP contribution in [0.25, 0.3) is 0 Å². The molecule has 3 fully saturated rings. The van der Waals surface area contributed by atoms with Crippen molar-refractivity contribution in [3.63, 3.8) is 0 Å². The Kier molecular flexibility index (Phi) is 4.02. The monoisotopic (exact) mass is 479 g/mol. The molecule has 0 saturated carbocycles. The average molecular weight is 480 g/mol. The van der Waals surface area contributed by atoms with Gasteiger partial charge < -0.3 is 14.8 Å². The molecule has 1 N–H and O–H groups in total. The second kappa shape index (κ2) is 6.73. The maximum Gasteiger partial charge on any atom is 0.250 e. The van der Waals surface area contributed by atoms with Gasteiger partial charge in [-0.1, -0.05) is 11.6 Å². The van der Waals surface area contributed by atoms with E-state index in [1.165, 1.54) is 4.90 Å². The van der Waals surface area contributed by atoms with Crippen molar-refractivity contribution in [3.8, 4) is 11.5 Å². The zero-order chi connectivity index (χ0) is 23.4. The Hall–Kier alpha value is -3.10. The lowest BCUT2D eigenvalue weighted by Gasteiger charge is -2.36. The second-order valence-electron chi connectivity index (χ2n) is 9.61. The van der Waals surface area contributed by atoms with Crippen LogP contribution in [0.2, 0.25) is 5.02 Å². The Balaban J connectivity index is 1.40. The van der Waals surface area contributed by atoms with Gasteiger partial charge in [-0.25, -0.2) is 4.90 Å². The number of nitrogens with zero attached hydrogens (tertiary/aromatic N) is 2. The molecular formula is C25H22ClN3O5. The van der Waals surface area contributed by atoms with Crippen molar-refractivity contribution in [2.45, 2.75) is 31.3 Å². The maximum absolute atomic E-state index is 14.1. The van der Waals surface area contributed by atoms with E-state index in [2.05, 4.69) is 10.2 Å². The Bertz CT molecular complexity index is 1310. The Labute approximate surface area is 200 Å². The maximum atomic E-state index is 14.1. The molecule has 0 bridgehead atoms. The lowest BCUT2D eigenvalue weighted by atomic mass is 9.75. The van der Waals surface area contributed by atoms with E-state index in [1.54, 1.807) is 30.3 Å². The van der Waals surface area contributed by atoms with Gasteiger partial charge in [-0.3, -0.25) is 19.3 Å². The molecule has 0 aliphatic carbocycles. The first-order chi connectivity index (χ1) is 16.4. The van der Waals surface area contributed by atoms with Gasteiger partial charge >= 0.3 is 0 Å². The highest BCUT2D eigenvalue weighted by molar-refractivity contribution is 6.31. The molecule has 174 valence electrons. The predicted molar refractivity (Wildman–Crippen MR) is 123 cm³/mol. The van der Waals surface area contributed by atoms with Crippen LogP contribution in [0.1, 0.15) is 24.0 Å². The molecule has 3 saturated heterocycles. The standard InChI is InChI=1S/C25H22ClN3O5/c1-12-9-13(26)10-15-21(12)27-24(32)25(15)20-19(16-3-2-6-28(16)25)22(30)29(23(20)31)14-4-5-17-18(11-14)34-8-7-33-17/h4-5,9-11,16,19-20H,2-3,6-8H2,1H3,(H,27,32)/t16-,19-,20-,25+/m1/s1. The number of hydrogen-bond acceptors (Lipinski definition) is 6. The minimum atomic E-state index is -1.24. The van der Waals surface area contributed by atoms with Gasteiger partial charge in [-0.15, -0.1) is 0 Å². The number of ether oxygens (including phenoxy) is 2. The van der Waals surface area contributed by atoms with E-state index in [4.69, 9.17) is 21.1 Å². The number of nitrogens with one attached hydrogen (secondary N) is 1. The largest absolute Gasteiger partial charge is 0.486 e. The van der Waals surface area contributed by atoms with Crippen molar-refractivity contribution in [2.75, 3.05) is 30.0 Å². The minimum absolute atomic E-state index is 0.181. The number of benzene rings is 2. The zero-order valence-electron chi connectivity index (χ0n) is 18.5. The van der Waals surface area contributed by atoms with Crippen LogP contribution < -0.4 is 19.7 Å². The quantitative estimate of drug-likeness (QED) is 0.633. The third kappa shape index (κ3) is 2.30. The normalized spacial score (nSPS) is 31.2. The van der Waals surface area contributed by atoms with Crippen LogP contribution in [0, 0.1) is 18.8 Å². The van der Waals surface area contributed by atoms with Crippen LogP contribution in [-0.2, 0) is 19.9 Å². The molecule has 8 nitrogen and oxygen atoms in total. The van der Waals surface area contributed by atoms with Gasteiger partial charge in [0.2, 0.25) is 17.7 Å². The van der Waals surface area contributed by atoms with Crippen molar-refractivity contribution in [2.24, 2.45) is 11.8 Å². The van der Waals surface area contributed by atoms with Gasteiger partial charge in [-0.2, -0.15) is 0 Å². The zero-order valence-corrected chi connectivity index (χ0v) is 19.2. The molecule has 0 unspecified atom stereocenters. The summed E-state index contributed by atoms with van der Waals surface area (Å²) in [5.74, 6) is -1.21. The molecule has 5 aliphatic heterocycles. The summed E-state index contributed by atoms with van der Waals surface area (Å²) in [5.41, 5.74) is 1.43. The lowest BCUT2D eigenvalue weighted by molar-refractivity contribution is -0.135. The number of halogens is 1. The van der Waals surface area contributed by atoms with Crippen molar-refractivity contribution < 1.29 is 23.9 Å². The highest BCUT2D eigenvalue weighted by Gasteiger charge is 2.74. The molecule has 5 heterocycles. The molecule has 7 rings (SSSR count). The fraction of sp³-hybridized carbons (Fsp3) is 0.400. The summed E-state index contributed by atoms with van der Waals surface area (Å²) in [6.45, 7) is 3.40. The van der Waals surface area contributed by atoms with Crippen LogP contribution >= 0.6 is 11.6 Å². The van der Waals surface area contributed by atoms with E-state index in [0.29, 0.717) is 53.2 Å². The molecule has 34 heavy (non-hydrogen) atoms. The number of aryl methyl sites for hydroxylation is 1. The smallest absolute Gasteiger partial charge is 0.250 e. The van der Waals surface area contributed by atoms with Gasteiger partial charge in [-0.05, 0) is 56.1 Å². The van der Waals surface area contributed by atoms with Crippen molar-refractivity contribution in [3.05, 3.63) is 46.5 Å². The summed E-state index contributed by atoms with van der Waals surface area (Å²) in [6, 6.07) is 8.50. The molecule has 2 aromatic rings. The van der Waals surface area contributed by atoms with Gasteiger partial charge in [0.05, 0.1) is 17.5 Å². The van der Waals surface area contributed by atoms with Crippen LogP contribution in [-0.4, -0.2) is 48.4 Å². The molecule has 2 aromatic carbocycles. The first-order valence-corrected chi connectivity index (χ1v) is 12.0. The molecule has 4 atom stereocenters. The lowest BCUT2D eigenvalue weighted by Crippen LogP contribution is -2.54. The number of rotatable bonds is 1. The van der Waals surface area contributed by atoms with E-state index in [-0.39, 0.29) is 23.8 Å². The van der Waals surface area contributed by atoms with E-state index in [0.717, 1.165) is 18.4 Å². The van der Waals surface area contributed by atoms with Crippen LogP contribution in [0.5, 0.6) is 11.5 Å². The molecule has 3 amide bonds. The van der Waals surface area contributed by atoms with E-state index in [1.807, 2.05) is 6.92 Å². The molecule has 0 aromatic heterocycles. The van der Waals surface area contributed by atoms with Gasteiger partial charge in [0, 0.05) is 28.4 Å². The number of carbonyl (C=O) groups is 3. The molecular weight excluding hydrogens is 458 g/mol. The van der Waals surface area contributed by atoms with Crippen molar-refractivity contribution in [1.29, 1.82) is 0 Å². The van der Waals surface area contributed by atoms with Crippen molar-refractivity contribution >= 4 is 40.7 Å². The number of amides is 3. The predicted octanol–water partition coefficient (Wildman–Crippen LogP) is 2.85. The molecule has 0 radical (unpaired) electrons. The summed E-state index contributed by atoms with van der Waals surface area (Å²) in [7, 11) is 0. The summed E-state index contributed by atoms with van der Waals surface area (Å²) in [6.07, 6.45) is 1.63. The van der Waals surface area contributed by atoms with Gasteiger partial charge in [0.1, 0.15) is 18.8 Å². The van der Waals surface area contributed by atoms with Crippen molar-refractivity contribution in [1.82, 2.24) is 4.90 Å². The van der Waals surface area contributed by atoms with Crippen LogP contribution in [0.15, 0.2) is 30.3 Å². The molecule has 5 aliphatic rings. The number of imide groups is 1. The van der Waals surface area contributed by atoms with Crippen LogP contribution in [0.3, 0.4) is 0 Å². The first-order valence-electron chi connectivity index (χ1n) is 11.6. The Morgan fingerprint density at radius 3 is 2.68 bits per heavy atom. The van der Waals surface area contributed by atoms with E-state index >= 15 is 0 Å². The van der Waals surface area contributed by atoms with E-state index < -0.39 is 17.4 Å². The Morgan fingerprint density at radius 2 is 1.85 bits per heavy atom. The second-order valence-corrected chi connectivity index (χ2v) is 10.0. The number of anilines is 2. The fourth-order valence-electron chi connectivity index (χ4n) is 6.86. The van der Waals surface area contributed by atoms with Gasteiger partial charge in [0.25, 0.3) is 0 Å². The van der Waals surface area contributed by atoms with Crippen LogP contribution in [0.4, 0.5) is 11.4 Å². The summed E-state index contributed by atoms with van der Waals surface area (Å²) < 4.78 is 11.3.